The molecule has 3 nitrogen and oxygen atoms in total. The zero-order valence-electron chi connectivity index (χ0n) is 7.91. The van der Waals surface area contributed by atoms with Crippen LogP contribution in [0.5, 0.6) is 0 Å². The van der Waals surface area contributed by atoms with Crippen LogP contribution in [0, 0.1) is 0 Å². The van der Waals surface area contributed by atoms with E-state index in [4.69, 9.17) is 21.4 Å². The summed E-state index contributed by atoms with van der Waals surface area (Å²) in [6.45, 7) is 3.62. The van der Waals surface area contributed by atoms with E-state index in [1.807, 2.05) is 0 Å². The molecular weight excluding hydrogens is 190 g/mol. The molecule has 1 rings (SSSR count). The van der Waals surface area contributed by atoms with Crippen LogP contribution in [-0.4, -0.2) is 54.8 Å². The lowest BCUT2D eigenvalue weighted by atomic mass is 10.2. The number of alkyl halides is 1. The molecule has 1 aliphatic rings. The molecule has 4 heteroatoms. The fraction of sp³-hybridized carbons (Fsp3) is 1.00. The summed E-state index contributed by atoms with van der Waals surface area (Å²) in [5, 5.41) is 9.07. The predicted octanol–water partition coefficient (Wildman–Crippen LogP) is 0.698. The predicted molar refractivity (Wildman–Crippen MR) is 53.2 cm³/mol. The maximum atomic E-state index is 9.07. The van der Waals surface area contributed by atoms with Crippen molar-refractivity contribution >= 4 is 11.6 Å². The maximum Gasteiger partial charge on any atom is 0.0644 e. The number of aliphatic hydroxyl groups is 1. The third-order valence-electron chi connectivity index (χ3n) is 2.39. The lowest BCUT2D eigenvalue weighted by Crippen LogP contribution is -2.47. The third kappa shape index (κ3) is 3.81. The largest absolute Gasteiger partial charge is 0.395 e. The highest BCUT2D eigenvalue weighted by Gasteiger charge is 2.21. The molecule has 1 fully saturated rings. The molecule has 0 bridgehead atoms. The average Bonchev–Trinajstić information content (AvgIpc) is 2.19. The van der Waals surface area contributed by atoms with Gasteiger partial charge in [0.15, 0.2) is 0 Å². The van der Waals surface area contributed by atoms with Gasteiger partial charge < -0.3 is 9.84 Å². The van der Waals surface area contributed by atoms with E-state index in [1.165, 1.54) is 0 Å². The molecule has 0 saturated carbocycles. The lowest BCUT2D eigenvalue weighted by Gasteiger charge is -2.34. The van der Waals surface area contributed by atoms with Gasteiger partial charge in [-0.15, -0.1) is 11.6 Å². The topological polar surface area (TPSA) is 32.7 Å². The van der Waals surface area contributed by atoms with Crippen LogP contribution in [-0.2, 0) is 4.74 Å². The fourth-order valence-electron chi connectivity index (χ4n) is 1.56. The van der Waals surface area contributed by atoms with E-state index in [0.717, 1.165) is 38.4 Å². The smallest absolute Gasteiger partial charge is 0.0644 e. The zero-order chi connectivity index (χ0) is 9.52. The molecule has 1 atom stereocenters. The van der Waals surface area contributed by atoms with Crippen molar-refractivity contribution in [3.8, 4) is 0 Å². The van der Waals surface area contributed by atoms with Gasteiger partial charge in [0, 0.05) is 12.4 Å². The highest BCUT2D eigenvalue weighted by molar-refractivity contribution is 6.17. The van der Waals surface area contributed by atoms with Gasteiger partial charge in [0.1, 0.15) is 0 Å². The summed E-state index contributed by atoms with van der Waals surface area (Å²) >= 11 is 5.60. The minimum Gasteiger partial charge on any atom is -0.395 e. The summed E-state index contributed by atoms with van der Waals surface area (Å²) in [5.41, 5.74) is 0. The molecule has 0 aliphatic carbocycles. The van der Waals surface area contributed by atoms with Gasteiger partial charge in [-0.05, 0) is 19.4 Å². The van der Waals surface area contributed by atoms with Gasteiger partial charge in [0.05, 0.1) is 25.9 Å². The van der Waals surface area contributed by atoms with E-state index in [-0.39, 0.29) is 12.6 Å². The molecule has 1 heterocycles. The third-order valence-corrected chi connectivity index (χ3v) is 2.66. The average molecular weight is 208 g/mol. The van der Waals surface area contributed by atoms with Crippen molar-refractivity contribution in [1.82, 2.24) is 4.90 Å². The van der Waals surface area contributed by atoms with Crippen LogP contribution in [0.2, 0.25) is 0 Å². The van der Waals surface area contributed by atoms with Crippen molar-refractivity contribution in [2.45, 2.75) is 18.9 Å². The molecule has 0 aromatic rings. The Morgan fingerprint density at radius 1 is 1.46 bits per heavy atom. The molecule has 0 spiro atoms. The number of hydrogen-bond acceptors (Lipinski definition) is 3. The first-order valence-corrected chi connectivity index (χ1v) is 5.40. The van der Waals surface area contributed by atoms with Gasteiger partial charge in [-0.3, -0.25) is 4.90 Å². The monoisotopic (exact) mass is 207 g/mol. The fourth-order valence-corrected chi connectivity index (χ4v) is 1.75. The highest BCUT2D eigenvalue weighted by Crippen LogP contribution is 2.07. The second kappa shape index (κ2) is 6.60. The van der Waals surface area contributed by atoms with Crippen molar-refractivity contribution in [3.05, 3.63) is 0 Å². The quantitative estimate of drug-likeness (QED) is 0.532. The van der Waals surface area contributed by atoms with Crippen LogP contribution in [0.4, 0.5) is 0 Å². The minimum absolute atomic E-state index is 0.195. The second-order valence-electron chi connectivity index (χ2n) is 3.34. The second-order valence-corrected chi connectivity index (χ2v) is 3.72. The Balaban J connectivity index is 2.19. The first-order chi connectivity index (χ1) is 6.38. The molecule has 1 N–H and O–H groups in total. The zero-order valence-corrected chi connectivity index (χ0v) is 8.67. The minimum atomic E-state index is 0.195. The maximum absolute atomic E-state index is 9.07. The molecule has 1 saturated heterocycles. The van der Waals surface area contributed by atoms with Crippen LogP contribution >= 0.6 is 11.6 Å². The van der Waals surface area contributed by atoms with E-state index in [2.05, 4.69) is 4.90 Å². The van der Waals surface area contributed by atoms with Crippen molar-refractivity contribution in [2.75, 3.05) is 38.8 Å². The van der Waals surface area contributed by atoms with E-state index < -0.39 is 0 Å². The van der Waals surface area contributed by atoms with Crippen molar-refractivity contribution < 1.29 is 9.84 Å². The molecule has 0 radical (unpaired) electrons. The highest BCUT2D eigenvalue weighted by atomic mass is 35.5. The number of halogens is 1. The van der Waals surface area contributed by atoms with Gasteiger partial charge in [-0.2, -0.15) is 0 Å². The van der Waals surface area contributed by atoms with Crippen LogP contribution in [0.25, 0.3) is 0 Å². The number of unbranched alkanes of at least 4 members (excludes halogenated alkanes) is 1. The summed E-state index contributed by atoms with van der Waals surface area (Å²) < 4.78 is 5.28. The van der Waals surface area contributed by atoms with Crippen LogP contribution in [0.3, 0.4) is 0 Å². The number of ether oxygens (including phenoxy) is 1. The molecular formula is C9H18ClNO2. The van der Waals surface area contributed by atoms with Gasteiger partial charge >= 0.3 is 0 Å². The Morgan fingerprint density at radius 3 is 3.00 bits per heavy atom. The van der Waals surface area contributed by atoms with Gasteiger partial charge in [0.25, 0.3) is 0 Å². The molecule has 0 amide bonds. The number of aliphatic hydroxyl groups excluding tert-OH is 1. The van der Waals surface area contributed by atoms with Crippen molar-refractivity contribution in [2.24, 2.45) is 0 Å². The molecule has 1 aliphatic heterocycles. The molecule has 0 aromatic heterocycles. The Labute approximate surface area is 84.6 Å². The first-order valence-electron chi connectivity index (χ1n) is 4.87. The molecule has 0 aromatic carbocycles. The van der Waals surface area contributed by atoms with E-state index in [0.29, 0.717) is 6.61 Å². The number of morpholine rings is 1. The van der Waals surface area contributed by atoms with Gasteiger partial charge in [-0.25, -0.2) is 0 Å². The van der Waals surface area contributed by atoms with Crippen molar-refractivity contribution in [3.63, 3.8) is 0 Å². The Morgan fingerprint density at radius 2 is 2.31 bits per heavy atom. The molecule has 13 heavy (non-hydrogen) atoms. The Bertz CT molecular complexity index is 135. The van der Waals surface area contributed by atoms with Crippen molar-refractivity contribution in [1.29, 1.82) is 0 Å². The summed E-state index contributed by atoms with van der Waals surface area (Å²) in [5.74, 6) is 0.730. The first kappa shape index (κ1) is 11.2. The van der Waals surface area contributed by atoms with E-state index in [1.54, 1.807) is 0 Å². The van der Waals surface area contributed by atoms with E-state index in [9.17, 15) is 0 Å². The summed E-state index contributed by atoms with van der Waals surface area (Å²) in [7, 11) is 0. The normalized spacial score (nSPS) is 24.9. The standard InChI is InChI=1S/C9H18ClNO2/c10-3-1-2-4-11-5-6-13-8-9(11)7-12/h9,12H,1-8H2. The number of hydrogen-bond donors (Lipinski definition) is 1. The summed E-state index contributed by atoms with van der Waals surface area (Å²) in [4.78, 5) is 2.29. The van der Waals surface area contributed by atoms with Gasteiger partial charge in [-0.1, -0.05) is 0 Å². The Kier molecular flexibility index (Phi) is 5.71. The summed E-state index contributed by atoms with van der Waals surface area (Å²) in [6, 6.07) is 0.198. The lowest BCUT2D eigenvalue weighted by molar-refractivity contribution is -0.0276. The van der Waals surface area contributed by atoms with Crippen LogP contribution in [0.15, 0.2) is 0 Å². The molecule has 78 valence electrons. The number of nitrogens with zero attached hydrogens (tertiary/aromatic N) is 1. The van der Waals surface area contributed by atoms with Crippen LogP contribution in [0.1, 0.15) is 12.8 Å². The van der Waals surface area contributed by atoms with Gasteiger partial charge in [0.2, 0.25) is 0 Å². The Hall–Kier alpha value is 0.170. The van der Waals surface area contributed by atoms with Crippen LogP contribution < -0.4 is 0 Å². The molecule has 1 unspecified atom stereocenters. The summed E-state index contributed by atoms with van der Waals surface area (Å²) in [6.07, 6.45) is 2.16. The van der Waals surface area contributed by atoms with E-state index >= 15 is 0 Å². The SMILES string of the molecule is OCC1COCCN1CCCCCl. The number of rotatable bonds is 5.